The largest absolute Gasteiger partial charge is 0.416 e. The van der Waals surface area contributed by atoms with Gasteiger partial charge in [0.2, 0.25) is 0 Å². The molecule has 4 nitrogen and oxygen atoms in total. The fraction of sp³-hybridized carbons (Fsp3) is 0.115. The number of halogens is 3. The predicted octanol–water partition coefficient (Wildman–Crippen LogP) is 5.66. The average Bonchev–Trinajstić information content (AvgIpc) is 2.80. The van der Waals surface area contributed by atoms with Gasteiger partial charge in [0.15, 0.2) is 5.78 Å². The minimum Gasteiger partial charge on any atom is -0.296 e. The summed E-state index contributed by atoms with van der Waals surface area (Å²) in [4.78, 5) is 29.8. The van der Waals surface area contributed by atoms with Crippen molar-refractivity contribution in [2.24, 2.45) is 7.05 Å². The normalized spacial score (nSPS) is 11.9. The van der Waals surface area contributed by atoms with Gasteiger partial charge in [0, 0.05) is 18.2 Å². The molecule has 0 N–H and O–H groups in total. The average molecular weight is 448 g/mol. The number of benzene rings is 3. The van der Waals surface area contributed by atoms with Crippen LogP contribution in [0, 0.1) is 6.92 Å². The van der Waals surface area contributed by atoms with Crippen molar-refractivity contribution in [3.05, 3.63) is 111 Å². The number of aryl methyl sites for hydroxylation is 1. The van der Waals surface area contributed by atoms with Crippen molar-refractivity contribution in [1.82, 2.24) is 9.55 Å². The Kier molecular flexibility index (Phi) is 5.72. The number of carbonyl (C=O) groups is 1. The van der Waals surface area contributed by atoms with Gasteiger partial charge in [0.05, 0.1) is 16.5 Å². The molecular formula is C26H19F3N2O2. The topological polar surface area (TPSA) is 52.0 Å². The van der Waals surface area contributed by atoms with E-state index in [4.69, 9.17) is 0 Å². The van der Waals surface area contributed by atoms with Gasteiger partial charge in [0.25, 0.3) is 5.56 Å². The molecule has 0 radical (unpaired) electrons. The van der Waals surface area contributed by atoms with Crippen molar-refractivity contribution >= 4 is 28.8 Å². The van der Waals surface area contributed by atoms with E-state index in [0.29, 0.717) is 22.3 Å². The van der Waals surface area contributed by atoms with Crippen LogP contribution in [0.5, 0.6) is 0 Å². The molecule has 0 saturated carbocycles. The van der Waals surface area contributed by atoms with Crippen LogP contribution in [0.2, 0.25) is 0 Å². The van der Waals surface area contributed by atoms with Crippen LogP contribution in [0.25, 0.3) is 23.1 Å². The standard InChI is InChI=1S/C26H19F3N2O2/c1-16-4-3-5-21-23(16)25(33)31(2)22(30-21)15-8-17-6-9-18(10-7-17)24(32)19-11-13-20(14-12-19)26(27,28)29/h3-15H,1-2H3/b15-8+. The summed E-state index contributed by atoms with van der Waals surface area (Å²) in [5, 5.41) is 0.586. The zero-order chi connectivity index (χ0) is 23.8. The lowest BCUT2D eigenvalue weighted by atomic mass is 10.0. The van der Waals surface area contributed by atoms with E-state index in [1.807, 2.05) is 19.1 Å². The number of hydrogen-bond acceptors (Lipinski definition) is 3. The van der Waals surface area contributed by atoms with Crippen molar-refractivity contribution in [3.8, 4) is 0 Å². The van der Waals surface area contributed by atoms with Crippen LogP contribution in [0.1, 0.15) is 38.4 Å². The Morgan fingerprint density at radius 3 is 2.12 bits per heavy atom. The molecule has 0 saturated heterocycles. The number of nitrogens with zero attached hydrogens (tertiary/aromatic N) is 2. The highest BCUT2D eigenvalue weighted by Gasteiger charge is 2.30. The van der Waals surface area contributed by atoms with E-state index in [-0.39, 0.29) is 16.9 Å². The van der Waals surface area contributed by atoms with Crippen LogP contribution >= 0.6 is 0 Å². The van der Waals surface area contributed by atoms with E-state index in [1.54, 1.807) is 49.5 Å². The third-order valence-corrected chi connectivity index (χ3v) is 5.42. The van der Waals surface area contributed by atoms with Gasteiger partial charge in [-0.3, -0.25) is 14.2 Å². The summed E-state index contributed by atoms with van der Waals surface area (Å²) in [6, 6.07) is 16.3. The number of aromatic nitrogens is 2. The second-order valence-electron chi connectivity index (χ2n) is 7.66. The number of fused-ring (bicyclic) bond motifs is 1. The first-order valence-electron chi connectivity index (χ1n) is 10.1. The third kappa shape index (κ3) is 4.48. The minimum atomic E-state index is -4.45. The zero-order valence-electron chi connectivity index (χ0n) is 17.9. The molecule has 166 valence electrons. The van der Waals surface area contributed by atoms with E-state index in [9.17, 15) is 22.8 Å². The number of carbonyl (C=O) groups excluding carboxylic acids is 1. The fourth-order valence-electron chi connectivity index (χ4n) is 3.54. The van der Waals surface area contributed by atoms with Gasteiger partial charge >= 0.3 is 6.18 Å². The molecule has 0 fully saturated rings. The number of alkyl halides is 3. The summed E-state index contributed by atoms with van der Waals surface area (Å²) in [7, 11) is 1.66. The van der Waals surface area contributed by atoms with E-state index >= 15 is 0 Å². The maximum Gasteiger partial charge on any atom is 0.416 e. The molecule has 0 aliphatic heterocycles. The number of ketones is 1. The van der Waals surface area contributed by atoms with Gasteiger partial charge in [-0.1, -0.05) is 54.6 Å². The predicted molar refractivity (Wildman–Crippen MR) is 122 cm³/mol. The molecule has 4 aromatic rings. The Balaban J connectivity index is 1.56. The lowest BCUT2D eigenvalue weighted by Gasteiger charge is -2.08. The first kappa shape index (κ1) is 22.2. The Bertz CT molecular complexity index is 1430. The van der Waals surface area contributed by atoms with E-state index < -0.39 is 11.7 Å². The summed E-state index contributed by atoms with van der Waals surface area (Å²) in [6.45, 7) is 1.87. The lowest BCUT2D eigenvalue weighted by molar-refractivity contribution is -0.137. The van der Waals surface area contributed by atoms with E-state index in [2.05, 4.69) is 4.98 Å². The number of hydrogen-bond donors (Lipinski definition) is 0. The molecule has 0 spiro atoms. The van der Waals surface area contributed by atoms with Crippen LogP contribution < -0.4 is 5.56 Å². The second-order valence-corrected chi connectivity index (χ2v) is 7.66. The summed E-state index contributed by atoms with van der Waals surface area (Å²) < 4.78 is 39.6. The SMILES string of the molecule is Cc1cccc2nc(/C=C/c3ccc(C(=O)c4ccc(C(F)(F)F)cc4)cc3)n(C)c(=O)c12. The van der Waals surface area contributed by atoms with Crippen LogP contribution in [0.15, 0.2) is 71.5 Å². The summed E-state index contributed by atoms with van der Waals surface area (Å²) in [5.41, 5.74) is 1.87. The van der Waals surface area contributed by atoms with Gasteiger partial charge in [-0.05, 0) is 42.3 Å². The molecule has 7 heteroatoms. The monoisotopic (exact) mass is 448 g/mol. The summed E-state index contributed by atoms with van der Waals surface area (Å²) >= 11 is 0. The first-order chi connectivity index (χ1) is 15.6. The number of rotatable bonds is 4. The van der Waals surface area contributed by atoms with Crippen molar-refractivity contribution in [1.29, 1.82) is 0 Å². The minimum absolute atomic E-state index is 0.129. The maximum absolute atomic E-state index is 12.7. The molecule has 0 bridgehead atoms. The molecule has 1 aromatic heterocycles. The molecule has 1 heterocycles. The maximum atomic E-state index is 12.7. The van der Waals surface area contributed by atoms with Crippen molar-refractivity contribution in [2.75, 3.05) is 0 Å². The third-order valence-electron chi connectivity index (χ3n) is 5.42. The van der Waals surface area contributed by atoms with Crippen molar-refractivity contribution in [3.63, 3.8) is 0 Å². The lowest BCUT2D eigenvalue weighted by Crippen LogP contribution is -2.21. The molecule has 0 atom stereocenters. The molecule has 3 aromatic carbocycles. The highest BCUT2D eigenvalue weighted by Crippen LogP contribution is 2.29. The van der Waals surface area contributed by atoms with Crippen molar-refractivity contribution in [2.45, 2.75) is 13.1 Å². The van der Waals surface area contributed by atoms with Crippen LogP contribution in [0.3, 0.4) is 0 Å². The van der Waals surface area contributed by atoms with Gasteiger partial charge in [-0.15, -0.1) is 0 Å². The molecule has 0 amide bonds. The van der Waals surface area contributed by atoms with Gasteiger partial charge in [-0.25, -0.2) is 4.98 Å². The molecule has 0 aliphatic carbocycles. The zero-order valence-corrected chi connectivity index (χ0v) is 17.9. The Labute approximate surface area is 187 Å². The van der Waals surface area contributed by atoms with Crippen LogP contribution in [0.4, 0.5) is 13.2 Å². The smallest absolute Gasteiger partial charge is 0.296 e. The highest BCUT2D eigenvalue weighted by atomic mass is 19.4. The molecule has 0 unspecified atom stereocenters. The Hall–Kier alpha value is -4.00. The fourth-order valence-corrected chi connectivity index (χ4v) is 3.54. The van der Waals surface area contributed by atoms with Crippen molar-refractivity contribution < 1.29 is 18.0 Å². The van der Waals surface area contributed by atoms with E-state index in [0.717, 1.165) is 23.3 Å². The molecule has 33 heavy (non-hydrogen) atoms. The molecular weight excluding hydrogens is 429 g/mol. The summed E-state index contributed by atoms with van der Waals surface area (Å²) in [6.07, 6.45) is -0.955. The Morgan fingerprint density at radius 2 is 1.52 bits per heavy atom. The molecule has 0 aliphatic rings. The van der Waals surface area contributed by atoms with Gasteiger partial charge in [0.1, 0.15) is 5.82 Å². The summed E-state index contributed by atoms with van der Waals surface area (Å²) in [5.74, 6) is 0.122. The van der Waals surface area contributed by atoms with Crippen LogP contribution in [-0.2, 0) is 13.2 Å². The van der Waals surface area contributed by atoms with E-state index in [1.165, 1.54) is 16.7 Å². The molecule has 4 rings (SSSR count). The highest BCUT2D eigenvalue weighted by molar-refractivity contribution is 6.09. The van der Waals surface area contributed by atoms with Gasteiger partial charge < -0.3 is 0 Å². The second kappa shape index (κ2) is 8.50. The van der Waals surface area contributed by atoms with Crippen LogP contribution in [-0.4, -0.2) is 15.3 Å². The first-order valence-corrected chi connectivity index (χ1v) is 10.1. The van der Waals surface area contributed by atoms with Gasteiger partial charge in [-0.2, -0.15) is 13.2 Å². The Morgan fingerprint density at radius 1 is 0.909 bits per heavy atom. The quantitative estimate of drug-likeness (QED) is 0.379.